The van der Waals surface area contributed by atoms with Gasteiger partial charge in [-0.25, -0.2) is 0 Å². The molecule has 1 amide bonds. The summed E-state index contributed by atoms with van der Waals surface area (Å²) in [5.74, 6) is 0.314. The molecule has 0 spiro atoms. The maximum Gasteiger partial charge on any atom is 0.224 e. The van der Waals surface area contributed by atoms with Gasteiger partial charge in [-0.3, -0.25) is 9.69 Å². The summed E-state index contributed by atoms with van der Waals surface area (Å²) in [5.41, 5.74) is 5.51. The monoisotopic (exact) mass is 348 g/mol. The van der Waals surface area contributed by atoms with Crippen molar-refractivity contribution in [2.75, 3.05) is 19.6 Å². The summed E-state index contributed by atoms with van der Waals surface area (Å²) in [4.78, 5) is 17.5. The maximum absolute atomic E-state index is 12.9. The molecule has 136 valence electrons. The number of amides is 1. The summed E-state index contributed by atoms with van der Waals surface area (Å²) >= 11 is 0. The zero-order valence-corrected chi connectivity index (χ0v) is 15.7. The molecule has 0 bridgehead atoms. The second kappa shape index (κ2) is 7.63. The van der Waals surface area contributed by atoms with Gasteiger partial charge in [0.15, 0.2) is 0 Å². The van der Waals surface area contributed by atoms with E-state index in [4.69, 9.17) is 0 Å². The van der Waals surface area contributed by atoms with Gasteiger partial charge in [-0.2, -0.15) is 0 Å². The molecule has 0 aliphatic carbocycles. The zero-order valence-electron chi connectivity index (χ0n) is 15.7. The molecule has 1 atom stereocenters. The fraction of sp³-hybridized carbons (Fsp3) is 0.435. The Morgan fingerprint density at radius 1 is 1.04 bits per heavy atom. The van der Waals surface area contributed by atoms with Gasteiger partial charge in [-0.05, 0) is 48.4 Å². The fourth-order valence-corrected chi connectivity index (χ4v) is 4.49. The second-order valence-corrected chi connectivity index (χ2v) is 7.65. The fourth-order valence-electron chi connectivity index (χ4n) is 4.49. The van der Waals surface area contributed by atoms with Crippen LogP contribution in [0, 0.1) is 6.92 Å². The van der Waals surface area contributed by atoms with Crippen LogP contribution in [0.4, 0.5) is 0 Å². The van der Waals surface area contributed by atoms with Gasteiger partial charge in [0.05, 0.1) is 6.04 Å². The molecule has 2 heterocycles. The summed E-state index contributed by atoms with van der Waals surface area (Å²) < 4.78 is 0. The summed E-state index contributed by atoms with van der Waals surface area (Å²) in [6, 6.07) is 17.5. The first-order chi connectivity index (χ1) is 12.7. The van der Waals surface area contributed by atoms with Gasteiger partial charge in [0.2, 0.25) is 5.91 Å². The van der Waals surface area contributed by atoms with E-state index in [9.17, 15) is 4.79 Å². The standard InChI is InChI=1S/C23H28N2O/c1-18-7-2-5-10-21(18)22-11-6-14-25(22)23(26)13-16-24-15-12-19-8-3-4-9-20(19)17-24/h2-5,7-10,22H,6,11-17H2,1H3/t22-/m0/s1. The Bertz CT molecular complexity index is 785. The number of fused-ring (bicyclic) bond motifs is 1. The molecule has 0 unspecified atom stereocenters. The number of benzene rings is 2. The van der Waals surface area contributed by atoms with E-state index < -0.39 is 0 Å². The highest BCUT2D eigenvalue weighted by molar-refractivity contribution is 5.77. The average molecular weight is 348 g/mol. The number of likely N-dealkylation sites (tertiary alicyclic amines) is 1. The lowest BCUT2D eigenvalue weighted by Gasteiger charge is -2.30. The Morgan fingerprint density at radius 2 is 1.81 bits per heavy atom. The molecule has 26 heavy (non-hydrogen) atoms. The molecule has 0 N–H and O–H groups in total. The smallest absolute Gasteiger partial charge is 0.224 e. The van der Waals surface area contributed by atoms with E-state index >= 15 is 0 Å². The van der Waals surface area contributed by atoms with Gasteiger partial charge in [-0.15, -0.1) is 0 Å². The van der Waals surface area contributed by atoms with Gasteiger partial charge in [0.1, 0.15) is 0 Å². The lowest BCUT2D eigenvalue weighted by atomic mass is 9.99. The highest BCUT2D eigenvalue weighted by Gasteiger charge is 2.30. The molecular weight excluding hydrogens is 320 g/mol. The topological polar surface area (TPSA) is 23.6 Å². The van der Waals surface area contributed by atoms with Crippen molar-refractivity contribution in [2.45, 2.75) is 45.2 Å². The summed E-state index contributed by atoms with van der Waals surface area (Å²) in [5, 5.41) is 0. The van der Waals surface area contributed by atoms with E-state index in [-0.39, 0.29) is 6.04 Å². The van der Waals surface area contributed by atoms with Crippen LogP contribution in [0.3, 0.4) is 0 Å². The predicted octanol–water partition coefficient (Wildman–Crippen LogP) is 4.11. The largest absolute Gasteiger partial charge is 0.336 e. The Kier molecular flexibility index (Phi) is 5.07. The molecule has 0 aromatic heterocycles. The van der Waals surface area contributed by atoms with Crippen molar-refractivity contribution < 1.29 is 4.79 Å². The van der Waals surface area contributed by atoms with Crippen molar-refractivity contribution in [3.05, 3.63) is 70.8 Å². The predicted molar refractivity (Wildman–Crippen MR) is 105 cm³/mol. The van der Waals surface area contributed by atoms with Gasteiger partial charge in [0.25, 0.3) is 0 Å². The average Bonchev–Trinajstić information content (AvgIpc) is 3.16. The van der Waals surface area contributed by atoms with Crippen LogP contribution in [0.5, 0.6) is 0 Å². The Morgan fingerprint density at radius 3 is 2.65 bits per heavy atom. The van der Waals surface area contributed by atoms with E-state index in [0.717, 1.165) is 45.4 Å². The number of aryl methyl sites for hydroxylation is 1. The van der Waals surface area contributed by atoms with Crippen LogP contribution in [0.15, 0.2) is 48.5 Å². The number of carbonyl (C=O) groups is 1. The van der Waals surface area contributed by atoms with Gasteiger partial charge >= 0.3 is 0 Å². The normalized spacial score (nSPS) is 20.2. The summed E-state index contributed by atoms with van der Waals surface area (Å²) in [6.07, 6.45) is 3.93. The molecule has 4 rings (SSSR count). The zero-order chi connectivity index (χ0) is 17.9. The highest BCUT2D eigenvalue weighted by atomic mass is 16.2. The molecule has 0 saturated carbocycles. The minimum atomic E-state index is 0.269. The third-order valence-corrected chi connectivity index (χ3v) is 5.97. The van der Waals surface area contributed by atoms with Crippen LogP contribution < -0.4 is 0 Å². The van der Waals surface area contributed by atoms with E-state index in [0.29, 0.717) is 12.3 Å². The molecule has 3 heteroatoms. The minimum Gasteiger partial charge on any atom is -0.336 e. The molecule has 1 saturated heterocycles. The van der Waals surface area contributed by atoms with Gasteiger partial charge in [0, 0.05) is 32.6 Å². The van der Waals surface area contributed by atoms with Crippen molar-refractivity contribution in [3.8, 4) is 0 Å². The number of carbonyl (C=O) groups excluding carboxylic acids is 1. The molecule has 3 nitrogen and oxygen atoms in total. The van der Waals surface area contributed by atoms with Gasteiger partial charge < -0.3 is 4.90 Å². The second-order valence-electron chi connectivity index (χ2n) is 7.65. The quantitative estimate of drug-likeness (QED) is 0.830. The van der Waals surface area contributed by atoms with Crippen LogP contribution in [0.1, 0.15) is 47.6 Å². The highest BCUT2D eigenvalue weighted by Crippen LogP contribution is 2.34. The maximum atomic E-state index is 12.9. The third-order valence-electron chi connectivity index (χ3n) is 5.97. The van der Waals surface area contributed by atoms with Crippen LogP contribution in [0.25, 0.3) is 0 Å². The van der Waals surface area contributed by atoms with Crippen molar-refractivity contribution >= 4 is 5.91 Å². The SMILES string of the molecule is Cc1ccccc1[C@@H]1CCCN1C(=O)CCN1CCc2ccccc2C1. The van der Waals surface area contributed by atoms with Gasteiger partial charge in [-0.1, -0.05) is 48.5 Å². The molecule has 2 aliphatic heterocycles. The molecule has 2 aromatic rings. The van der Waals surface area contributed by atoms with Crippen molar-refractivity contribution in [1.29, 1.82) is 0 Å². The summed E-state index contributed by atoms with van der Waals surface area (Å²) in [7, 11) is 0. The Balaban J connectivity index is 1.37. The Hall–Kier alpha value is -2.13. The molecule has 1 fully saturated rings. The first-order valence-electron chi connectivity index (χ1n) is 9.86. The third kappa shape index (κ3) is 3.54. The first kappa shape index (κ1) is 17.3. The van der Waals surface area contributed by atoms with E-state index in [1.807, 2.05) is 0 Å². The van der Waals surface area contributed by atoms with Crippen LogP contribution >= 0.6 is 0 Å². The van der Waals surface area contributed by atoms with E-state index in [1.165, 1.54) is 22.3 Å². The van der Waals surface area contributed by atoms with Crippen molar-refractivity contribution in [2.24, 2.45) is 0 Å². The number of hydrogen-bond donors (Lipinski definition) is 0. The molecular formula is C23H28N2O. The lowest BCUT2D eigenvalue weighted by Crippen LogP contribution is -2.36. The Labute approximate surface area is 156 Å². The first-order valence-corrected chi connectivity index (χ1v) is 9.86. The lowest BCUT2D eigenvalue weighted by molar-refractivity contribution is -0.132. The summed E-state index contributed by atoms with van der Waals surface area (Å²) in [6.45, 7) is 5.96. The van der Waals surface area contributed by atoms with Crippen LogP contribution in [-0.4, -0.2) is 35.3 Å². The van der Waals surface area contributed by atoms with Crippen molar-refractivity contribution in [1.82, 2.24) is 9.80 Å². The van der Waals surface area contributed by atoms with Crippen LogP contribution in [0.2, 0.25) is 0 Å². The number of nitrogens with zero attached hydrogens (tertiary/aromatic N) is 2. The van der Waals surface area contributed by atoms with Crippen LogP contribution in [-0.2, 0) is 17.8 Å². The molecule has 2 aliphatic rings. The number of hydrogen-bond acceptors (Lipinski definition) is 2. The minimum absolute atomic E-state index is 0.269. The van der Waals surface area contributed by atoms with E-state index in [2.05, 4.69) is 65.3 Å². The van der Waals surface area contributed by atoms with E-state index in [1.54, 1.807) is 0 Å². The number of rotatable bonds is 4. The molecule has 0 radical (unpaired) electrons. The van der Waals surface area contributed by atoms with Crippen molar-refractivity contribution in [3.63, 3.8) is 0 Å². The molecule has 2 aromatic carbocycles.